The van der Waals surface area contributed by atoms with Gasteiger partial charge >= 0.3 is 24.2 Å². The van der Waals surface area contributed by atoms with Gasteiger partial charge in [-0.3, -0.25) is 4.79 Å². The minimum Gasteiger partial charge on any atom is -0.456 e. The number of nitrogens with one attached hydrogen (secondary N) is 1. The number of ketones is 1. The molecule has 1 aliphatic heterocycles. The Kier molecular flexibility index (Phi) is 12.0. The first-order valence-corrected chi connectivity index (χ1v) is 19.4. The number of alkyl carbamates (subject to hydrolysis) is 1. The van der Waals surface area contributed by atoms with Crippen molar-refractivity contribution in [1.29, 1.82) is 0 Å². The molecule has 1 amide bonds. The quantitative estimate of drug-likeness (QED) is 0.166. The number of fused-ring (bicyclic) bond motifs is 5. The van der Waals surface area contributed by atoms with Gasteiger partial charge in [0.1, 0.15) is 35.6 Å². The highest BCUT2D eigenvalue weighted by atomic mass is 16.8. The van der Waals surface area contributed by atoms with Crippen LogP contribution in [0.1, 0.15) is 92.4 Å². The molecule has 1 aromatic carbocycles. The maximum absolute atomic E-state index is 15.3. The summed E-state index contributed by atoms with van der Waals surface area (Å²) in [6.45, 7) is 16.1. The lowest BCUT2D eigenvalue weighted by Gasteiger charge is -2.67. The number of carbonyl (C=O) groups excluding carboxylic acids is 5. The summed E-state index contributed by atoms with van der Waals surface area (Å²) in [5.74, 6) is -4.27. The molecule has 0 spiro atoms. The number of aliphatic hydroxyl groups is 3. The van der Waals surface area contributed by atoms with Crippen LogP contribution in [0, 0.1) is 22.2 Å². The molecule has 4 N–H and O–H groups in total. The largest absolute Gasteiger partial charge is 0.508 e. The molecule has 2 bridgehead atoms. The van der Waals surface area contributed by atoms with Gasteiger partial charge in [0, 0.05) is 25.4 Å². The standard InChI is InChI=1S/C42H59NO15/c1-21-23(55-34(48)27(45)30(37(2,3)4)43-35(49)57-38(5,6)7)19-42(51)32(56-33(47)22-16-14-13-15-17-22)29-40(10,31(46)28(52-11)26(21)39(42,8)9)24(44)18-25-41(29,20-54-25)58-36(50)53-12/h13-17,23-25,27-30,32,44-45,51H,18-20H2,1-12H3,(H,43,49)/t23-,24-,25+,27+,28+,29-,30+,32-,40+,41-,42+/m0/s1. The van der Waals surface area contributed by atoms with Gasteiger partial charge in [-0.15, -0.1) is 0 Å². The van der Waals surface area contributed by atoms with Crippen LogP contribution in [0.25, 0.3) is 0 Å². The van der Waals surface area contributed by atoms with E-state index in [2.05, 4.69) is 5.32 Å². The smallest absolute Gasteiger partial charge is 0.456 e. The van der Waals surface area contributed by atoms with Gasteiger partial charge in [-0.25, -0.2) is 19.2 Å². The van der Waals surface area contributed by atoms with Crippen molar-refractivity contribution in [2.75, 3.05) is 20.8 Å². The fourth-order valence-electron chi connectivity index (χ4n) is 9.44. The Hall–Kier alpha value is -4.09. The van der Waals surface area contributed by atoms with Crippen LogP contribution in [0.4, 0.5) is 9.59 Å². The zero-order valence-electron chi connectivity index (χ0n) is 35.4. The highest BCUT2D eigenvalue weighted by Gasteiger charge is 2.78. The maximum Gasteiger partial charge on any atom is 0.508 e. The lowest BCUT2D eigenvalue weighted by atomic mass is 9.44. The summed E-state index contributed by atoms with van der Waals surface area (Å²) in [5.41, 5.74) is -8.76. The molecule has 16 nitrogen and oxygen atoms in total. The van der Waals surface area contributed by atoms with Crippen molar-refractivity contribution in [3.8, 4) is 0 Å². The minimum atomic E-state index is -2.30. The van der Waals surface area contributed by atoms with Crippen molar-refractivity contribution in [2.24, 2.45) is 22.2 Å². The Bertz CT molecular complexity index is 1810. The number of esters is 2. The maximum atomic E-state index is 15.3. The zero-order valence-corrected chi connectivity index (χ0v) is 35.4. The number of Topliss-reactive ketones (excluding diaryl/α,β-unsaturated/α-hetero) is 1. The molecule has 3 fully saturated rings. The highest BCUT2D eigenvalue weighted by Crippen LogP contribution is 2.64. The molecule has 58 heavy (non-hydrogen) atoms. The van der Waals surface area contributed by atoms with Crippen LogP contribution in [-0.4, -0.2) is 126 Å². The topological polar surface area (TPSA) is 223 Å². The molecule has 5 rings (SSSR count). The Morgan fingerprint density at radius 2 is 1.60 bits per heavy atom. The van der Waals surface area contributed by atoms with Gasteiger partial charge in [0.15, 0.2) is 17.5 Å². The highest BCUT2D eigenvalue weighted by molar-refractivity contribution is 5.94. The zero-order chi connectivity index (χ0) is 43.6. The van der Waals surface area contributed by atoms with Crippen LogP contribution in [0.5, 0.6) is 0 Å². The van der Waals surface area contributed by atoms with Crippen LogP contribution in [0.2, 0.25) is 0 Å². The molecule has 1 heterocycles. The Morgan fingerprint density at radius 3 is 2.12 bits per heavy atom. The second-order valence-electron chi connectivity index (χ2n) is 18.7. The molecule has 2 saturated carbocycles. The van der Waals surface area contributed by atoms with Gasteiger partial charge in [0.05, 0.1) is 42.8 Å². The number of hydrogen-bond donors (Lipinski definition) is 4. The lowest BCUT2D eigenvalue weighted by Crippen LogP contribution is -2.82. The number of carbonyl (C=O) groups is 5. The summed E-state index contributed by atoms with van der Waals surface area (Å²) in [7, 11) is 2.38. The van der Waals surface area contributed by atoms with E-state index in [0.717, 1.165) is 7.11 Å². The third kappa shape index (κ3) is 7.50. The van der Waals surface area contributed by atoms with Gasteiger partial charge in [-0.2, -0.15) is 0 Å². The number of rotatable bonds is 8. The van der Waals surface area contributed by atoms with E-state index in [0.29, 0.717) is 5.57 Å². The van der Waals surface area contributed by atoms with Crippen molar-refractivity contribution in [2.45, 2.75) is 142 Å². The molecule has 1 saturated heterocycles. The molecule has 1 aromatic rings. The van der Waals surface area contributed by atoms with Crippen molar-refractivity contribution in [1.82, 2.24) is 5.32 Å². The summed E-state index contributed by atoms with van der Waals surface area (Å²) in [6.07, 6.45) is -11.8. The summed E-state index contributed by atoms with van der Waals surface area (Å²) >= 11 is 0. The molecule has 4 aliphatic rings. The predicted molar refractivity (Wildman–Crippen MR) is 204 cm³/mol. The normalized spacial score (nSPS) is 34.0. The first-order chi connectivity index (χ1) is 26.7. The van der Waals surface area contributed by atoms with Crippen LogP contribution in [-0.2, 0) is 42.7 Å². The van der Waals surface area contributed by atoms with Gasteiger partial charge in [0.25, 0.3) is 0 Å². The molecule has 16 heteroatoms. The van der Waals surface area contributed by atoms with Crippen molar-refractivity contribution < 1.29 is 72.5 Å². The predicted octanol–water partition coefficient (Wildman–Crippen LogP) is 3.81. The van der Waals surface area contributed by atoms with Crippen molar-refractivity contribution in [3.63, 3.8) is 0 Å². The number of aliphatic hydroxyl groups excluding tert-OH is 2. The summed E-state index contributed by atoms with van der Waals surface area (Å²) in [5, 5.41) is 39.7. The molecule has 11 atom stereocenters. The number of ether oxygens (including phenoxy) is 7. The second kappa shape index (κ2) is 15.5. The number of hydrogen-bond acceptors (Lipinski definition) is 15. The number of amides is 1. The van der Waals surface area contributed by atoms with Crippen LogP contribution in [0.15, 0.2) is 41.5 Å². The molecule has 0 unspecified atom stereocenters. The van der Waals surface area contributed by atoms with E-state index in [9.17, 15) is 34.5 Å². The molecule has 0 aromatic heterocycles. The van der Waals surface area contributed by atoms with Crippen molar-refractivity contribution >= 4 is 30.0 Å². The van der Waals surface area contributed by atoms with Crippen LogP contribution >= 0.6 is 0 Å². The Labute approximate surface area is 338 Å². The van der Waals surface area contributed by atoms with E-state index in [1.807, 2.05) is 0 Å². The van der Waals surface area contributed by atoms with Crippen LogP contribution in [0.3, 0.4) is 0 Å². The van der Waals surface area contributed by atoms with Crippen LogP contribution < -0.4 is 5.32 Å². The van der Waals surface area contributed by atoms with E-state index in [4.69, 9.17) is 33.2 Å². The third-order valence-electron chi connectivity index (χ3n) is 12.7. The molecule has 3 aliphatic carbocycles. The fraction of sp³-hybridized carbons (Fsp3) is 0.690. The van der Waals surface area contributed by atoms with E-state index >= 15 is 4.79 Å². The SMILES string of the molecule is COC(=O)O[C@@]12CO[C@@H]1C[C@H](O)[C@@]1(C)C(=O)[C@H](OC)C3=C(C)[C@@H](OC(=O)[C@H](O)[C@@H](NC(=O)OC(C)(C)C)C(C)(C)C)C[C@@](O)([C@@H](OC(=O)c4ccccc4)[C@H]21)C3(C)C. The van der Waals surface area contributed by atoms with E-state index in [-0.39, 0.29) is 24.2 Å². The number of methoxy groups -OCH3 is 2. The fourth-order valence-corrected chi connectivity index (χ4v) is 9.44. The molecule has 322 valence electrons. The van der Waals surface area contributed by atoms with Gasteiger partial charge in [0.2, 0.25) is 0 Å². The average molecular weight is 818 g/mol. The molecular weight excluding hydrogens is 758 g/mol. The first-order valence-electron chi connectivity index (χ1n) is 19.4. The first kappa shape index (κ1) is 45.0. The van der Waals surface area contributed by atoms with Gasteiger partial charge in [-0.05, 0) is 63.3 Å². The summed E-state index contributed by atoms with van der Waals surface area (Å²) in [6, 6.07) is 6.69. The van der Waals surface area contributed by atoms with Crippen molar-refractivity contribution in [3.05, 3.63) is 47.0 Å². The Morgan fingerprint density at radius 1 is 0.983 bits per heavy atom. The minimum absolute atomic E-state index is 0.0917. The van der Waals surface area contributed by atoms with E-state index < -0.39 is 118 Å². The third-order valence-corrected chi connectivity index (χ3v) is 12.7. The number of benzene rings is 1. The van der Waals surface area contributed by atoms with Gasteiger partial charge < -0.3 is 53.8 Å². The lowest BCUT2D eigenvalue weighted by molar-refractivity contribution is -0.344. The molecular formula is C42H59NO15. The Balaban J connectivity index is 1.70. The van der Waals surface area contributed by atoms with Gasteiger partial charge in [-0.1, -0.05) is 52.8 Å². The van der Waals surface area contributed by atoms with E-state index in [1.54, 1.807) is 80.5 Å². The average Bonchev–Trinajstić information content (AvgIpc) is 3.12. The summed E-state index contributed by atoms with van der Waals surface area (Å²) in [4.78, 5) is 69.4. The van der Waals surface area contributed by atoms with E-state index in [1.165, 1.54) is 26.2 Å². The summed E-state index contributed by atoms with van der Waals surface area (Å²) < 4.78 is 40.5. The monoisotopic (exact) mass is 817 g/mol. The second-order valence-corrected chi connectivity index (χ2v) is 18.7. The molecule has 0 radical (unpaired) electrons.